The summed E-state index contributed by atoms with van der Waals surface area (Å²) in [5, 5.41) is 9.39. The van der Waals surface area contributed by atoms with E-state index in [2.05, 4.69) is 4.98 Å². The average Bonchev–Trinajstić information content (AvgIpc) is 2.33. The summed E-state index contributed by atoms with van der Waals surface area (Å²) in [5.74, 6) is 0.897. The number of pyridine rings is 1. The number of piperazine rings is 1. The first kappa shape index (κ1) is 11.9. The summed E-state index contributed by atoms with van der Waals surface area (Å²) in [7, 11) is 1.81. The quantitative estimate of drug-likeness (QED) is 0.807. The van der Waals surface area contributed by atoms with Crippen LogP contribution in [0, 0.1) is 0 Å². The van der Waals surface area contributed by atoms with Crippen LogP contribution in [-0.4, -0.2) is 47.6 Å². The summed E-state index contributed by atoms with van der Waals surface area (Å²) in [5.41, 5.74) is 0.786. The third-order valence-corrected chi connectivity index (χ3v) is 3.03. The van der Waals surface area contributed by atoms with E-state index in [1.165, 1.54) is 0 Å². The van der Waals surface area contributed by atoms with Crippen LogP contribution in [0.5, 0.6) is 0 Å². The van der Waals surface area contributed by atoms with Gasteiger partial charge in [-0.25, -0.2) is 4.98 Å². The molecule has 0 spiro atoms. The van der Waals surface area contributed by atoms with Gasteiger partial charge in [-0.2, -0.15) is 0 Å². The molecule has 0 unspecified atom stereocenters. The number of aliphatic hydroxyl groups excluding tert-OH is 1. The fourth-order valence-corrected chi connectivity index (χ4v) is 1.79. The van der Waals surface area contributed by atoms with Crippen molar-refractivity contribution in [3.05, 3.63) is 23.9 Å². The maximum Gasteiger partial charge on any atom is 0.241 e. The molecule has 0 aliphatic carbocycles. The van der Waals surface area contributed by atoms with E-state index in [1.54, 1.807) is 18.0 Å². The largest absolute Gasteiger partial charge is 0.389 e. The number of hydrogen-bond acceptors (Lipinski definition) is 4. The molecule has 2 rings (SSSR count). The SMILES string of the molecule is C[C@@H](O)c1ccc(N2CCN(C)C(=O)C2)nc1. The van der Waals surface area contributed by atoms with Crippen LogP contribution in [0.1, 0.15) is 18.6 Å². The molecule has 1 atom stereocenters. The zero-order chi connectivity index (χ0) is 12.4. The lowest BCUT2D eigenvalue weighted by molar-refractivity contribution is -0.129. The first-order valence-corrected chi connectivity index (χ1v) is 5.71. The summed E-state index contributed by atoms with van der Waals surface area (Å²) in [6, 6.07) is 3.69. The highest BCUT2D eigenvalue weighted by atomic mass is 16.3. The number of anilines is 1. The highest BCUT2D eigenvalue weighted by Gasteiger charge is 2.21. The van der Waals surface area contributed by atoms with Crippen LogP contribution >= 0.6 is 0 Å². The van der Waals surface area contributed by atoms with Crippen molar-refractivity contribution >= 4 is 11.7 Å². The Morgan fingerprint density at radius 2 is 2.18 bits per heavy atom. The molecular weight excluding hydrogens is 218 g/mol. The molecule has 1 aliphatic rings. The third-order valence-electron chi connectivity index (χ3n) is 3.03. The average molecular weight is 235 g/mol. The summed E-state index contributed by atoms with van der Waals surface area (Å²) in [6.45, 7) is 3.59. The van der Waals surface area contributed by atoms with Gasteiger partial charge in [0.05, 0.1) is 12.6 Å². The number of likely N-dealkylation sites (N-methyl/N-ethyl adjacent to an activating group) is 1. The van der Waals surface area contributed by atoms with Crippen molar-refractivity contribution in [3.8, 4) is 0 Å². The predicted octanol–water partition coefficient (Wildman–Crippen LogP) is 0.413. The minimum Gasteiger partial charge on any atom is -0.389 e. The normalized spacial score (nSPS) is 18.4. The molecule has 1 amide bonds. The second-order valence-electron chi connectivity index (χ2n) is 4.36. The number of hydrogen-bond donors (Lipinski definition) is 1. The van der Waals surface area contributed by atoms with E-state index >= 15 is 0 Å². The van der Waals surface area contributed by atoms with Crippen molar-refractivity contribution < 1.29 is 9.90 Å². The standard InChI is InChI=1S/C12H17N3O2/c1-9(16)10-3-4-11(13-7-10)15-6-5-14(2)12(17)8-15/h3-4,7,9,16H,5-6,8H2,1-2H3/t9-/m1/s1. The molecule has 1 N–H and O–H groups in total. The first-order chi connectivity index (χ1) is 8.08. The number of aromatic nitrogens is 1. The molecule has 1 saturated heterocycles. The van der Waals surface area contributed by atoms with E-state index < -0.39 is 6.10 Å². The maximum atomic E-state index is 11.6. The van der Waals surface area contributed by atoms with Crippen LogP contribution in [0.15, 0.2) is 18.3 Å². The molecule has 1 aromatic rings. The zero-order valence-electron chi connectivity index (χ0n) is 10.1. The second kappa shape index (κ2) is 4.71. The van der Waals surface area contributed by atoms with Crippen molar-refractivity contribution in [2.24, 2.45) is 0 Å². The van der Waals surface area contributed by atoms with E-state index in [4.69, 9.17) is 0 Å². The molecule has 0 aromatic carbocycles. The molecule has 5 nitrogen and oxygen atoms in total. The second-order valence-corrected chi connectivity index (χ2v) is 4.36. The predicted molar refractivity (Wildman–Crippen MR) is 64.7 cm³/mol. The van der Waals surface area contributed by atoms with Gasteiger partial charge in [0.25, 0.3) is 0 Å². The molecular formula is C12H17N3O2. The van der Waals surface area contributed by atoms with Gasteiger partial charge in [0.15, 0.2) is 0 Å². The molecule has 17 heavy (non-hydrogen) atoms. The van der Waals surface area contributed by atoms with Crippen LogP contribution in [0.25, 0.3) is 0 Å². The minimum atomic E-state index is -0.509. The van der Waals surface area contributed by atoms with Crippen LogP contribution < -0.4 is 4.90 Å². The molecule has 0 radical (unpaired) electrons. The Labute approximate surface area is 101 Å². The van der Waals surface area contributed by atoms with Gasteiger partial charge in [0.1, 0.15) is 5.82 Å². The Hall–Kier alpha value is -1.62. The lowest BCUT2D eigenvalue weighted by Gasteiger charge is -2.32. The van der Waals surface area contributed by atoms with Gasteiger partial charge in [-0.15, -0.1) is 0 Å². The van der Waals surface area contributed by atoms with Crippen LogP contribution in [0.2, 0.25) is 0 Å². The molecule has 0 saturated carbocycles. The number of rotatable bonds is 2. The van der Waals surface area contributed by atoms with Gasteiger partial charge in [0, 0.05) is 26.3 Å². The van der Waals surface area contributed by atoms with E-state index in [0.717, 1.165) is 24.5 Å². The van der Waals surface area contributed by atoms with Gasteiger partial charge < -0.3 is 14.9 Å². The van der Waals surface area contributed by atoms with Crippen LogP contribution in [0.3, 0.4) is 0 Å². The van der Waals surface area contributed by atoms with Crippen molar-refractivity contribution in [1.82, 2.24) is 9.88 Å². The van der Waals surface area contributed by atoms with E-state index in [1.807, 2.05) is 24.1 Å². The highest BCUT2D eigenvalue weighted by molar-refractivity contribution is 5.82. The Bertz CT molecular complexity index is 403. The van der Waals surface area contributed by atoms with E-state index in [0.29, 0.717) is 6.54 Å². The monoisotopic (exact) mass is 235 g/mol. The molecule has 1 aromatic heterocycles. The number of amides is 1. The molecule has 1 fully saturated rings. The molecule has 0 bridgehead atoms. The maximum absolute atomic E-state index is 11.6. The first-order valence-electron chi connectivity index (χ1n) is 5.71. The lowest BCUT2D eigenvalue weighted by atomic mass is 10.2. The van der Waals surface area contributed by atoms with E-state index in [-0.39, 0.29) is 5.91 Å². The van der Waals surface area contributed by atoms with Gasteiger partial charge >= 0.3 is 0 Å². The summed E-state index contributed by atoms with van der Waals surface area (Å²) in [4.78, 5) is 19.5. The van der Waals surface area contributed by atoms with Gasteiger partial charge in [-0.05, 0) is 18.6 Å². The van der Waals surface area contributed by atoms with Gasteiger partial charge in [-0.3, -0.25) is 4.79 Å². The molecule has 5 heteroatoms. The van der Waals surface area contributed by atoms with Crippen molar-refractivity contribution in [3.63, 3.8) is 0 Å². The Kier molecular flexibility index (Phi) is 3.28. The lowest BCUT2D eigenvalue weighted by Crippen LogP contribution is -2.48. The fraction of sp³-hybridized carbons (Fsp3) is 0.500. The fourth-order valence-electron chi connectivity index (χ4n) is 1.79. The number of aliphatic hydroxyl groups is 1. The summed E-state index contributed by atoms with van der Waals surface area (Å²) >= 11 is 0. The smallest absolute Gasteiger partial charge is 0.241 e. The number of carbonyl (C=O) groups is 1. The summed E-state index contributed by atoms with van der Waals surface area (Å²) in [6.07, 6.45) is 1.15. The number of carbonyl (C=O) groups excluding carboxylic acids is 1. The minimum absolute atomic E-state index is 0.109. The Morgan fingerprint density at radius 1 is 1.41 bits per heavy atom. The highest BCUT2D eigenvalue weighted by Crippen LogP contribution is 2.17. The van der Waals surface area contributed by atoms with Gasteiger partial charge in [-0.1, -0.05) is 6.07 Å². The molecule has 1 aliphatic heterocycles. The van der Waals surface area contributed by atoms with Crippen molar-refractivity contribution in [2.45, 2.75) is 13.0 Å². The van der Waals surface area contributed by atoms with Crippen LogP contribution in [0.4, 0.5) is 5.82 Å². The molecule has 2 heterocycles. The Balaban J connectivity index is 2.10. The zero-order valence-corrected chi connectivity index (χ0v) is 10.1. The van der Waals surface area contributed by atoms with E-state index in [9.17, 15) is 9.90 Å². The molecule has 92 valence electrons. The van der Waals surface area contributed by atoms with Crippen LogP contribution in [-0.2, 0) is 4.79 Å². The third kappa shape index (κ3) is 2.55. The Morgan fingerprint density at radius 3 is 2.71 bits per heavy atom. The number of nitrogens with zero attached hydrogens (tertiary/aromatic N) is 3. The summed E-state index contributed by atoms with van der Waals surface area (Å²) < 4.78 is 0. The van der Waals surface area contributed by atoms with Gasteiger partial charge in [0.2, 0.25) is 5.91 Å². The topological polar surface area (TPSA) is 56.7 Å². The van der Waals surface area contributed by atoms with Crippen molar-refractivity contribution in [1.29, 1.82) is 0 Å². The van der Waals surface area contributed by atoms with Crippen molar-refractivity contribution in [2.75, 3.05) is 31.6 Å².